The van der Waals surface area contributed by atoms with Gasteiger partial charge in [-0.2, -0.15) is 0 Å². The summed E-state index contributed by atoms with van der Waals surface area (Å²) in [6.07, 6.45) is 0. The van der Waals surface area contributed by atoms with Crippen molar-refractivity contribution in [2.75, 3.05) is 7.11 Å². The maximum Gasteiger partial charge on any atom is 0.124 e. The van der Waals surface area contributed by atoms with Crippen molar-refractivity contribution < 1.29 is 4.74 Å². The first-order valence-corrected chi connectivity index (χ1v) is 8.17. The van der Waals surface area contributed by atoms with Crippen molar-refractivity contribution in [2.45, 2.75) is 5.38 Å². The molecule has 0 fully saturated rings. The molecule has 6 heteroatoms. The molecule has 1 heterocycles. The zero-order valence-electron chi connectivity index (χ0n) is 9.22. The fourth-order valence-corrected chi connectivity index (χ4v) is 4.18. The van der Waals surface area contributed by atoms with E-state index < -0.39 is 0 Å². The molecule has 2 rings (SSSR count). The average Bonchev–Trinajstić information content (AvgIpc) is 2.68. The third-order valence-electron chi connectivity index (χ3n) is 2.38. The van der Waals surface area contributed by atoms with Crippen LogP contribution in [0.25, 0.3) is 0 Å². The van der Waals surface area contributed by atoms with Crippen LogP contribution in [-0.4, -0.2) is 7.11 Å². The Balaban J connectivity index is 2.44. The van der Waals surface area contributed by atoms with Crippen LogP contribution in [0, 0.1) is 0 Å². The van der Waals surface area contributed by atoms with Gasteiger partial charge < -0.3 is 4.74 Å². The molecule has 1 aromatic heterocycles. The van der Waals surface area contributed by atoms with Gasteiger partial charge in [-0.05, 0) is 56.1 Å². The minimum atomic E-state index is -0.286. The topological polar surface area (TPSA) is 9.23 Å². The van der Waals surface area contributed by atoms with Gasteiger partial charge >= 0.3 is 0 Å². The number of halogens is 4. The molecular weight excluding hydrogens is 423 g/mol. The van der Waals surface area contributed by atoms with Crippen molar-refractivity contribution in [3.05, 3.63) is 48.0 Å². The molecule has 1 aromatic carbocycles. The summed E-state index contributed by atoms with van der Waals surface area (Å²) in [6, 6.07) is 7.44. The van der Waals surface area contributed by atoms with E-state index in [2.05, 4.69) is 31.9 Å². The van der Waals surface area contributed by atoms with Crippen molar-refractivity contribution in [3.63, 3.8) is 0 Å². The lowest BCUT2D eigenvalue weighted by Gasteiger charge is -2.13. The van der Waals surface area contributed by atoms with E-state index in [1.165, 1.54) is 0 Å². The molecule has 0 radical (unpaired) electrons. The number of thiophene rings is 1. The zero-order valence-corrected chi connectivity index (χ0v) is 14.7. The molecule has 0 amide bonds. The molecule has 0 aliphatic rings. The lowest BCUT2D eigenvalue weighted by Crippen LogP contribution is -1.95. The minimum absolute atomic E-state index is 0.286. The lowest BCUT2D eigenvalue weighted by atomic mass is 10.1. The molecule has 0 aliphatic heterocycles. The quantitative estimate of drug-likeness (QED) is 0.522. The van der Waals surface area contributed by atoms with Crippen molar-refractivity contribution in [3.8, 4) is 5.75 Å². The van der Waals surface area contributed by atoms with Gasteiger partial charge in [-0.3, -0.25) is 0 Å². The van der Waals surface area contributed by atoms with E-state index in [1.807, 2.05) is 18.2 Å². The van der Waals surface area contributed by atoms with Crippen LogP contribution >= 0.6 is 66.4 Å². The number of benzene rings is 1. The summed E-state index contributed by atoms with van der Waals surface area (Å²) in [5.74, 6) is 0.736. The second-order valence-corrected chi connectivity index (χ2v) is 7.65. The first kappa shape index (κ1) is 14.7. The lowest BCUT2D eigenvalue weighted by molar-refractivity contribution is 0.410. The van der Waals surface area contributed by atoms with Crippen LogP contribution in [-0.2, 0) is 0 Å². The number of hydrogen-bond donors (Lipinski definition) is 0. The third-order valence-corrected chi connectivity index (χ3v) is 6.53. The Morgan fingerprint density at radius 3 is 2.56 bits per heavy atom. The maximum absolute atomic E-state index is 6.50. The van der Waals surface area contributed by atoms with Gasteiger partial charge in [0.2, 0.25) is 0 Å². The van der Waals surface area contributed by atoms with Crippen LogP contribution < -0.4 is 4.74 Å². The molecule has 0 bridgehead atoms. The Morgan fingerprint density at radius 2 is 2.00 bits per heavy atom. The Labute approximate surface area is 136 Å². The number of alkyl halides is 1. The van der Waals surface area contributed by atoms with Crippen molar-refractivity contribution >= 4 is 66.4 Å². The minimum Gasteiger partial charge on any atom is -0.496 e. The van der Waals surface area contributed by atoms with E-state index in [0.29, 0.717) is 5.02 Å². The number of rotatable bonds is 3. The molecule has 1 atom stereocenters. The number of methoxy groups -OCH3 is 1. The molecule has 1 unspecified atom stereocenters. The second kappa shape index (κ2) is 6.14. The van der Waals surface area contributed by atoms with Crippen molar-refractivity contribution in [1.29, 1.82) is 0 Å². The van der Waals surface area contributed by atoms with E-state index in [0.717, 1.165) is 24.4 Å². The SMILES string of the molecule is COc1ccc(Cl)cc1C(Cl)c1cc(Br)c(Br)s1. The van der Waals surface area contributed by atoms with Gasteiger partial charge in [0.05, 0.1) is 16.3 Å². The Hall–Kier alpha value is 0.260. The van der Waals surface area contributed by atoms with Gasteiger partial charge in [-0.1, -0.05) is 11.6 Å². The van der Waals surface area contributed by atoms with Gasteiger partial charge in [0.15, 0.2) is 0 Å². The monoisotopic (exact) mass is 428 g/mol. The standard InChI is InChI=1S/C12H8Br2Cl2OS/c1-17-9-3-2-6(15)4-7(9)11(16)10-5-8(13)12(14)18-10/h2-5,11H,1H3. The van der Waals surface area contributed by atoms with E-state index in [9.17, 15) is 0 Å². The summed E-state index contributed by atoms with van der Waals surface area (Å²) in [6.45, 7) is 0. The van der Waals surface area contributed by atoms with Crippen LogP contribution in [0.1, 0.15) is 15.8 Å². The molecular formula is C12H8Br2Cl2OS. The second-order valence-electron chi connectivity index (χ2n) is 3.52. The average molecular weight is 431 g/mol. The van der Waals surface area contributed by atoms with E-state index >= 15 is 0 Å². The number of ether oxygens (including phenoxy) is 1. The highest BCUT2D eigenvalue weighted by atomic mass is 79.9. The van der Waals surface area contributed by atoms with Gasteiger partial charge in [0.25, 0.3) is 0 Å². The van der Waals surface area contributed by atoms with E-state index in [-0.39, 0.29) is 5.38 Å². The zero-order chi connectivity index (χ0) is 13.3. The Bertz CT molecular complexity index is 552. The van der Waals surface area contributed by atoms with Crippen LogP contribution in [0.2, 0.25) is 5.02 Å². The number of hydrogen-bond acceptors (Lipinski definition) is 2. The van der Waals surface area contributed by atoms with Gasteiger partial charge in [-0.25, -0.2) is 0 Å². The molecule has 0 spiro atoms. The summed E-state index contributed by atoms with van der Waals surface area (Å²) >= 11 is 21.0. The molecule has 0 saturated carbocycles. The van der Waals surface area contributed by atoms with Crippen LogP contribution in [0.3, 0.4) is 0 Å². The fourth-order valence-electron chi connectivity index (χ4n) is 1.54. The van der Waals surface area contributed by atoms with E-state index in [1.54, 1.807) is 24.5 Å². The molecule has 2 aromatic rings. The summed E-state index contributed by atoms with van der Waals surface area (Å²) < 4.78 is 7.33. The van der Waals surface area contributed by atoms with Gasteiger partial charge in [-0.15, -0.1) is 22.9 Å². The maximum atomic E-state index is 6.50. The van der Waals surface area contributed by atoms with Crippen LogP contribution in [0.15, 0.2) is 32.5 Å². The molecule has 0 saturated heterocycles. The van der Waals surface area contributed by atoms with Crippen LogP contribution in [0.4, 0.5) is 0 Å². The van der Waals surface area contributed by atoms with Crippen molar-refractivity contribution in [1.82, 2.24) is 0 Å². The predicted molar refractivity (Wildman–Crippen MR) is 85.4 cm³/mol. The Morgan fingerprint density at radius 1 is 1.28 bits per heavy atom. The largest absolute Gasteiger partial charge is 0.496 e. The summed E-state index contributed by atoms with van der Waals surface area (Å²) in [4.78, 5) is 1.02. The van der Waals surface area contributed by atoms with Crippen molar-refractivity contribution in [2.24, 2.45) is 0 Å². The normalized spacial score (nSPS) is 12.5. The first-order valence-electron chi connectivity index (χ1n) is 4.95. The summed E-state index contributed by atoms with van der Waals surface area (Å²) in [5, 5.41) is 0.359. The van der Waals surface area contributed by atoms with E-state index in [4.69, 9.17) is 27.9 Å². The Kier molecular flexibility index (Phi) is 5.00. The van der Waals surface area contributed by atoms with Gasteiger partial charge in [0, 0.05) is 19.9 Å². The molecule has 18 heavy (non-hydrogen) atoms. The predicted octanol–water partition coefficient (Wildman–Crippen LogP) is 6.26. The first-order chi connectivity index (χ1) is 8.52. The molecule has 1 nitrogen and oxygen atoms in total. The van der Waals surface area contributed by atoms with Crippen LogP contribution in [0.5, 0.6) is 5.75 Å². The highest BCUT2D eigenvalue weighted by Crippen LogP contribution is 2.43. The highest BCUT2D eigenvalue weighted by Gasteiger charge is 2.19. The smallest absolute Gasteiger partial charge is 0.124 e. The third kappa shape index (κ3) is 3.05. The molecule has 0 aliphatic carbocycles. The fraction of sp³-hybridized carbons (Fsp3) is 0.167. The molecule has 96 valence electrons. The van der Waals surface area contributed by atoms with Gasteiger partial charge in [0.1, 0.15) is 5.75 Å². The molecule has 0 N–H and O–H groups in total. The highest BCUT2D eigenvalue weighted by molar-refractivity contribution is 9.13. The summed E-state index contributed by atoms with van der Waals surface area (Å²) in [5.41, 5.74) is 0.868. The summed E-state index contributed by atoms with van der Waals surface area (Å²) in [7, 11) is 1.62.